The van der Waals surface area contributed by atoms with Crippen LogP contribution in [0.2, 0.25) is 78.6 Å². The van der Waals surface area contributed by atoms with E-state index in [4.69, 9.17) is 5.11 Å². The van der Waals surface area contributed by atoms with Crippen LogP contribution in [0, 0.1) is 81.6 Å². The number of aromatic nitrogens is 4. The number of nitrogens with zero attached hydrogens (tertiary/aromatic N) is 4. The Kier molecular flexibility index (Phi) is 49.7. The summed E-state index contributed by atoms with van der Waals surface area (Å²) >= 11 is 0. The summed E-state index contributed by atoms with van der Waals surface area (Å²) in [7, 11) is -5.62. The van der Waals surface area contributed by atoms with Gasteiger partial charge in [-0.1, -0.05) is 306 Å². The fourth-order valence-corrected chi connectivity index (χ4v) is 14.3. The number of carbonyl (C=O) groups excluding carboxylic acids is 4. The zero-order valence-corrected chi connectivity index (χ0v) is 88.1. The molecule has 126 heavy (non-hydrogen) atoms. The minimum absolute atomic E-state index is 0. The maximum atomic E-state index is 13.6. The Bertz CT molecular complexity index is 5010. The van der Waals surface area contributed by atoms with Gasteiger partial charge in [0, 0.05) is 192 Å². The molecule has 12 nitrogen and oxygen atoms in total. The molecule has 4 radical (unpaired) electrons. The molecular weight excluding hydrogens is 2390 g/mol. The van der Waals surface area contributed by atoms with Crippen molar-refractivity contribution in [1.82, 2.24) is 19.9 Å². The molecule has 11 aromatic rings. The molecule has 7 aromatic carbocycles. The van der Waals surface area contributed by atoms with Crippen LogP contribution in [0.3, 0.4) is 0 Å². The quantitative estimate of drug-likeness (QED) is 0.0189. The first-order valence-corrected chi connectivity index (χ1v) is 52.8. The Morgan fingerprint density at radius 3 is 0.802 bits per heavy atom. The first kappa shape index (κ1) is 117. The minimum Gasteiger partial charge on any atom is -0.512 e. The largest absolute Gasteiger partial charge is 0.512 e. The number of hydrogen-bond donors (Lipinski definition) is 4. The van der Waals surface area contributed by atoms with E-state index in [1.807, 2.05) is 108 Å². The van der Waals surface area contributed by atoms with E-state index in [1.54, 1.807) is 97.6 Å². The van der Waals surface area contributed by atoms with Crippen molar-refractivity contribution in [2.45, 2.75) is 148 Å². The summed E-state index contributed by atoms with van der Waals surface area (Å²) in [6.45, 7) is 43.5. The van der Waals surface area contributed by atoms with Gasteiger partial charge in [-0.2, -0.15) is 0 Å². The second kappa shape index (κ2) is 53.6. The molecule has 0 bridgehead atoms. The monoisotopic (exact) mass is 2500 g/mol. The Labute approximate surface area is 795 Å². The van der Waals surface area contributed by atoms with Crippen LogP contribution in [0.4, 0.5) is 35.1 Å². The number of aliphatic hydroxyl groups excluding tert-OH is 4. The fourth-order valence-electron chi connectivity index (χ4n) is 10.1. The van der Waals surface area contributed by atoms with Gasteiger partial charge in [-0.3, -0.25) is 54.3 Å². The van der Waals surface area contributed by atoms with Crippen LogP contribution < -0.4 is 20.7 Å². The number of Topliss-reactive ketones (excluding diaryl/α,β-unsaturated/α-hetero) is 1. The summed E-state index contributed by atoms with van der Waals surface area (Å²) in [5.74, 6) is -5.29. The second-order valence-corrected chi connectivity index (χ2v) is 54.5. The molecule has 4 N–H and O–H groups in total. The number of allylic oxidation sites excluding steroid dienone is 7. The van der Waals surface area contributed by atoms with Crippen molar-refractivity contribution < 1.29 is 155 Å². The number of pyridine rings is 4. The minimum atomic E-state index is -1.41. The van der Waals surface area contributed by atoms with Crippen molar-refractivity contribution >= 4 is 87.5 Å². The fraction of sp³-hybridized carbons (Fsp3) is 0.245. The molecule has 0 saturated heterocycles. The van der Waals surface area contributed by atoms with Crippen LogP contribution in [0.25, 0.3) is 56.4 Å². The molecule has 0 unspecified atom stereocenters. The van der Waals surface area contributed by atoms with Crippen LogP contribution in [0.5, 0.6) is 0 Å². The number of halogens is 8. The summed E-state index contributed by atoms with van der Waals surface area (Å²) in [6, 6.07) is 60.1. The molecule has 0 spiro atoms. The molecule has 0 fully saturated rings. The molecule has 4 heterocycles. The van der Waals surface area contributed by atoms with Gasteiger partial charge in [0.2, 0.25) is 0 Å². The Morgan fingerprint density at radius 1 is 0.349 bits per heavy atom. The molecule has 0 aliphatic carbocycles. The predicted molar refractivity (Wildman–Crippen MR) is 487 cm³/mol. The first-order chi connectivity index (χ1) is 56.6. The van der Waals surface area contributed by atoms with Crippen LogP contribution >= 0.6 is 0 Å². The summed E-state index contributed by atoms with van der Waals surface area (Å²) in [4.78, 5) is 61.5. The maximum Gasteiger partial charge on any atom is 0.189 e. The van der Waals surface area contributed by atoms with Gasteiger partial charge in [0.05, 0.1) is 43.6 Å². The van der Waals surface area contributed by atoms with Crippen LogP contribution in [0.1, 0.15) is 90.7 Å². The number of hydrogen-bond acceptors (Lipinski definition) is 12. The molecule has 11 rings (SSSR count). The van der Waals surface area contributed by atoms with E-state index >= 15 is 0 Å². The molecule has 4 aromatic heterocycles. The van der Waals surface area contributed by atoms with Crippen molar-refractivity contribution in [3.63, 3.8) is 0 Å². The number of rotatable bonds is 15. The van der Waals surface area contributed by atoms with Gasteiger partial charge in [0.15, 0.2) is 23.1 Å². The summed E-state index contributed by atoms with van der Waals surface area (Å²) in [5, 5.41) is 41.8. The predicted octanol–water partition coefficient (Wildman–Crippen LogP) is 23.6. The number of benzene rings is 7. The smallest absolute Gasteiger partial charge is 0.189 e. The van der Waals surface area contributed by atoms with Crippen LogP contribution in [-0.4, -0.2) is 95.8 Å². The Hall–Kier alpha value is -9.12. The third kappa shape index (κ3) is 40.9. The third-order valence-electron chi connectivity index (χ3n) is 17.3. The average Bonchev–Trinajstić information content (AvgIpc) is 0.827. The van der Waals surface area contributed by atoms with Gasteiger partial charge in [0.1, 0.15) is 17.3 Å². The first-order valence-electron chi connectivity index (χ1n) is 38.8. The molecule has 0 aliphatic heterocycles. The molecular formula is C98H108F8Ir4N4O8Si4-4. The van der Waals surface area contributed by atoms with Gasteiger partial charge < -0.3 is 40.4 Å². The van der Waals surface area contributed by atoms with E-state index in [0.717, 1.165) is 54.1 Å². The van der Waals surface area contributed by atoms with Crippen molar-refractivity contribution in [1.29, 1.82) is 0 Å². The zero-order chi connectivity index (χ0) is 92.0. The molecule has 28 heteroatoms. The number of carbonyl (C=O) groups is 4. The standard InChI is InChI=1S/C15H12O2.4C14H14F2NSi.C11H12O2.C11H20O2.C5H8O2.4Ir/c16-14(12-7-3-1-4-8-12)11-15(17)13-9-5-2-6-10-13;4*1-18(2,3)11-5-7-14(17-9-11)12-6-4-10(15)8-13(12)16;1-8(12)11(9(2)13)10-6-4-3-5-7-10;1-10(2,3)8(12)7-9(13)11(4,5)6;1-4(6)3-5(2)7;;;;/h1-11,16H;4*4-5,7-9H,1-3H3;3-7,12H,1-2H3;7,12H,1-6H3;3,6H,1-2H3;;;;/q;4*-1;;;;;;;. The van der Waals surface area contributed by atoms with E-state index in [9.17, 15) is 69.6 Å². The van der Waals surface area contributed by atoms with Crippen molar-refractivity contribution in [2.75, 3.05) is 0 Å². The van der Waals surface area contributed by atoms with E-state index < -0.39 is 84.2 Å². The molecule has 0 amide bonds. The summed E-state index contributed by atoms with van der Waals surface area (Å²) in [6.07, 6.45) is 10.8. The number of aliphatic hydroxyl groups is 4. The van der Waals surface area contributed by atoms with Gasteiger partial charge in [-0.25, -0.2) is 0 Å². The average molecular weight is 2500 g/mol. The van der Waals surface area contributed by atoms with Crippen LogP contribution in [-0.2, 0) is 94.8 Å². The van der Waals surface area contributed by atoms with Crippen LogP contribution in [0.15, 0.2) is 248 Å². The van der Waals surface area contributed by atoms with E-state index in [-0.39, 0.29) is 154 Å². The molecule has 0 saturated carbocycles. The second-order valence-electron chi connectivity index (χ2n) is 34.2. The number of ketones is 4. The Balaban J connectivity index is 0.00000143. The normalized spacial score (nSPS) is 11.5. The van der Waals surface area contributed by atoms with Crippen molar-refractivity contribution in [2.24, 2.45) is 10.8 Å². The van der Waals surface area contributed by atoms with Gasteiger partial charge in [-0.15, -0.1) is 48.5 Å². The van der Waals surface area contributed by atoms with Gasteiger partial charge in [-0.05, 0) is 76.8 Å². The summed E-state index contributed by atoms with van der Waals surface area (Å²) < 4.78 is 105. The SMILES string of the molecule is CC(=O)C(=C(C)O)c1ccccc1.CC(=O)C=C(C)O.CC(C)(C)C(=O)C=C(O)C(C)(C)C.C[Si](C)(C)c1ccc(-c2[c-]cc(F)cc2F)nc1.C[Si](C)(C)c1ccc(-c2[c-]cc(F)cc2F)nc1.C[Si](C)(C)c1ccc(-c2[c-]cc(F)cc2F)nc1.C[Si](C)(C)c1ccc(-c2[c-]cc(F)cc2F)nc1.O=C(C=C(O)c1ccccc1)c1ccccc1.[Ir].[Ir].[Ir].[Ir]. The molecule has 0 atom stereocenters. The van der Waals surface area contributed by atoms with Crippen molar-refractivity contribution in [3.8, 4) is 45.0 Å². The Morgan fingerprint density at radius 2 is 0.611 bits per heavy atom. The van der Waals surface area contributed by atoms with Gasteiger partial charge in [0.25, 0.3) is 0 Å². The molecule has 680 valence electrons. The maximum absolute atomic E-state index is 13.6. The molecule has 0 aliphatic rings. The van der Waals surface area contributed by atoms with Gasteiger partial charge >= 0.3 is 0 Å². The topological polar surface area (TPSA) is 201 Å². The third-order valence-corrected chi connectivity index (χ3v) is 25.4. The van der Waals surface area contributed by atoms with E-state index in [2.05, 4.69) is 123 Å². The summed E-state index contributed by atoms with van der Waals surface area (Å²) in [5.41, 5.74) is 4.34. The van der Waals surface area contributed by atoms with E-state index in [1.165, 1.54) is 66.7 Å². The zero-order valence-electron chi connectivity index (χ0n) is 74.5. The van der Waals surface area contributed by atoms with Crippen molar-refractivity contribution in [3.05, 3.63) is 336 Å². The van der Waals surface area contributed by atoms with E-state index in [0.29, 0.717) is 39.5 Å².